The van der Waals surface area contributed by atoms with Gasteiger partial charge in [0.25, 0.3) is 0 Å². The van der Waals surface area contributed by atoms with Crippen LogP contribution in [0.25, 0.3) is 0 Å². The zero-order chi connectivity index (χ0) is 15.1. The Balaban J connectivity index is 0.00000242. The molecule has 0 spiro atoms. The van der Waals surface area contributed by atoms with E-state index < -0.39 is 5.82 Å². The van der Waals surface area contributed by atoms with Crippen LogP contribution in [0, 0.1) is 5.82 Å². The van der Waals surface area contributed by atoms with Crippen LogP contribution in [0.3, 0.4) is 0 Å². The Kier molecular flexibility index (Phi) is 7.65. The molecule has 22 heavy (non-hydrogen) atoms. The summed E-state index contributed by atoms with van der Waals surface area (Å²) < 4.78 is 13.1. The number of nitrogens with zero attached hydrogens (tertiary/aromatic N) is 1. The number of aliphatic imine (C=N–C) groups is 1. The third-order valence-electron chi connectivity index (χ3n) is 3.01. The number of phenolic OH excluding ortho intramolecular Hbond substituents is 1. The van der Waals surface area contributed by atoms with Gasteiger partial charge in [-0.2, -0.15) is 0 Å². The van der Waals surface area contributed by atoms with Gasteiger partial charge in [-0.25, -0.2) is 9.38 Å². The maximum absolute atomic E-state index is 13.1. The van der Waals surface area contributed by atoms with E-state index in [1.165, 1.54) is 17.7 Å². The van der Waals surface area contributed by atoms with Gasteiger partial charge in [0, 0.05) is 6.54 Å². The van der Waals surface area contributed by atoms with E-state index in [2.05, 4.69) is 10.3 Å². The Hall–Kier alpha value is -1.83. The number of guanidine groups is 1. The lowest BCUT2D eigenvalue weighted by atomic mass is 10.1. The number of rotatable bonds is 5. The molecule has 6 heteroatoms. The number of nitrogens with one attached hydrogen (secondary N) is 1. The Morgan fingerprint density at radius 1 is 1.14 bits per heavy atom. The van der Waals surface area contributed by atoms with Crippen LogP contribution in [0.1, 0.15) is 11.1 Å². The maximum atomic E-state index is 13.1. The average Bonchev–Trinajstić information content (AvgIpc) is 2.49. The summed E-state index contributed by atoms with van der Waals surface area (Å²) in [4.78, 5) is 4.13. The summed E-state index contributed by atoms with van der Waals surface area (Å²) in [7, 11) is 0. The van der Waals surface area contributed by atoms with E-state index >= 15 is 0 Å². The fraction of sp³-hybridized carbons (Fsp3) is 0.188. The molecule has 2 rings (SSSR count). The summed E-state index contributed by atoms with van der Waals surface area (Å²) in [6, 6.07) is 14.2. The van der Waals surface area contributed by atoms with Crippen molar-refractivity contribution in [1.29, 1.82) is 0 Å². The second-order valence-electron chi connectivity index (χ2n) is 4.65. The lowest BCUT2D eigenvalue weighted by molar-refractivity contribution is 0.432. The molecule has 0 bridgehead atoms. The number of hydrogen-bond acceptors (Lipinski definition) is 2. The van der Waals surface area contributed by atoms with Gasteiger partial charge < -0.3 is 16.2 Å². The third kappa shape index (κ3) is 5.88. The Morgan fingerprint density at radius 2 is 1.86 bits per heavy atom. The number of aromatic hydroxyl groups is 1. The largest absolute Gasteiger partial charge is 0.505 e. The fourth-order valence-electron chi connectivity index (χ4n) is 1.86. The molecule has 0 saturated carbocycles. The van der Waals surface area contributed by atoms with Crippen molar-refractivity contribution >= 4 is 29.9 Å². The van der Waals surface area contributed by atoms with E-state index in [0.717, 1.165) is 6.42 Å². The first-order chi connectivity index (χ1) is 10.1. The SMILES string of the molecule is I.NC(=NCc1ccc(O)c(F)c1)NCCc1ccccc1. The molecule has 0 aromatic heterocycles. The van der Waals surface area contributed by atoms with Crippen LogP contribution >= 0.6 is 24.0 Å². The number of benzene rings is 2. The summed E-state index contributed by atoms with van der Waals surface area (Å²) in [6.45, 7) is 0.949. The Bertz CT molecular complexity index is 620. The molecule has 2 aromatic rings. The van der Waals surface area contributed by atoms with Crippen molar-refractivity contribution in [3.8, 4) is 5.75 Å². The fourth-order valence-corrected chi connectivity index (χ4v) is 1.86. The van der Waals surface area contributed by atoms with Crippen LogP contribution < -0.4 is 11.1 Å². The number of hydrogen-bond donors (Lipinski definition) is 3. The highest BCUT2D eigenvalue weighted by molar-refractivity contribution is 14.0. The van der Waals surface area contributed by atoms with Gasteiger partial charge in [-0.3, -0.25) is 0 Å². The zero-order valence-electron chi connectivity index (χ0n) is 12.0. The van der Waals surface area contributed by atoms with Gasteiger partial charge >= 0.3 is 0 Å². The molecule has 4 nitrogen and oxygen atoms in total. The van der Waals surface area contributed by atoms with Gasteiger partial charge in [0.15, 0.2) is 17.5 Å². The third-order valence-corrected chi connectivity index (χ3v) is 3.01. The van der Waals surface area contributed by atoms with E-state index in [4.69, 9.17) is 10.8 Å². The van der Waals surface area contributed by atoms with Crippen molar-refractivity contribution in [2.75, 3.05) is 6.54 Å². The molecular weight excluding hydrogens is 396 g/mol. The predicted molar refractivity (Wildman–Crippen MR) is 97.0 cm³/mol. The van der Waals surface area contributed by atoms with Crippen molar-refractivity contribution in [3.63, 3.8) is 0 Å². The lowest BCUT2D eigenvalue weighted by Gasteiger charge is -2.06. The van der Waals surface area contributed by atoms with Gasteiger partial charge in [-0.15, -0.1) is 24.0 Å². The van der Waals surface area contributed by atoms with Gasteiger partial charge in [0.2, 0.25) is 0 Å². The number of phenols is 1. The topological polar surface area (TPSA) is 70.6 Å². The van der Waals surface area contributed by atoms with Crippen LogP contribution in [-0.2, 0) is 13.0 Å². The first-order valence-corrected chi connectivity index (χ1v) is 6.70. The number of halogens is 2. The van der Waals surface area contributed by atoms with E-state index in [9.17, 15) is 4.39 Å². The molecule has 0 aliphatic heterocycles. The van der Waals surface area contributed by atoms with Gasteiger partial charge in [0.1, 0.15) is 0 Å². The minimum Gasteiger partial charge on any atom is -0.505 e. The first-order valence-electron chi connectivity index (χ1n) is 6.70. The van der Waals surface area contributed by atoms with Crippen LogP contribution in [0.5, 0.6) is 5.75 Å². The summed E-state index contributed by atoms with van der Waals surface area (Å²) in [5, 5.41) is 12.1. The summed E-state index contributed by atoms with van der Waals surface area (Å²) in [6.07, 6.45) is 0.852. The van der Waals surface area contributed by atoms with E-state index in [-0.39, 0.29) is 36.3 Å². The summed E-state index contributed by atoms with van der Waals surface area (Å²) >= 11 is 0. The number of nitrogens with two attached hydrogens (primary N) is 1. The normalized spacial score (nSPS) is 10.9. The molecule has 0 saturated heterocycles. The quantitative estimate of drug-likeness (QED) is 0.400. The second kappa shape index (κ2) is 9.24. The van der Waals surface area contributed by atoms with Gasteiger partial charge in [-0.05, 0) is 29.7 Å². The minimum atomic E-state index is -0.654. The molecule has 2 aromatic carbocycles. The first kappa shape index (κ1) is 18.2. The highest BCUT2D eigenvalue weighted by atomic mass is 127. The molecule has 0 aliphatic rings. The standard InChI is InChI=1S/C16H18FN3O.HI/c17-14-10-13(6-7-15(14)21)11-20-16(18)19-9-8-12-4-2-1-3-5-12;/h1-7,10,21H,8-9,11H2,(H3,18,19,20);1H. The highest BCUT2D eigenvalue weighted by Crippen LogP contribution is 2.16. The van der Waals surface area contributed by atoms with Crippen molar-refractivity contribution in [1.82, 2.24) is 5.32 Å². The van der Waals surface area contributed by atoms with Crippen molar-refractivity contribution in [3.05, 3.63) is 65.5 Å². The zero-order valence-corrected chi connectivity index (χ0v) is 14.3. The molecule has 0 atom stereocenters. The van der Waals surface area contributed by atoms with Crippen LogP contribution in [0.2, 0.25) is 0 Å². The van der Waals surface area contributed by atoms with Crippen LogP contribution in [0.4, 0.5) is 4.39 Å². The predicted octanol–water partition coefficient (Wildman–Crippen LogP) is 2.80. The Labute approximate surface area is 146 Å². The molecule has 4 N–H and O–H groups in total. The van der Waals surface area contributed by atoms with Crippen LogP contribution in [0.15, 0.2) is 53.5 Å². The monoisotopic (exact) mass is 415 g/mol. The maximum Gasteiger partial charge on any atom is 0.188 e. The molecule has 0 aliphatic carbocycles. The van der Waals surface area contributed by atoms with E-state index in [1.807, 2.05) is 30.3 Å². The van der Waals surface area contributed by atoms with E-state index in [1.54, 1.807) is 6.07 Å². The molecular formula is C16H19FIN3O. The van der Waals surface area contributed by atoms with Gasteiger partial charge in [-0.1, -0.05) is 36.4 Å². The molecule has 118 valence electrons. The van der Waals surface area contributed by atoms with Crippen molar-refractivity contribution < 1.29 is 9.50 Å². The van der Waals surface area contributed by atoms with Crippen molar-refractivity contribution in [2.24, 2.45) is 10.7 Å². The lowest BCUT2D eigenvalue weighted by Crippen LogP contribution is -2.33. The van der Waals surface area contributed by atoms with Gasteiger partial charge in [0.05, 0.1) is 6.54 Å². The smallest absolute Gasteiger partial charge is 0.188 e. The molecule has 0 unspecified atom stereocenters. The molecule has 0 fully saturated rings. The molecule has 0 radical (unpaired) electrons. The average molecular weight is 415 g/mol. The highest BCUT2D eigenvalue weighted by Gasteiger charge is 2.01. The summed E-state index contributed by atoms with van der Waals surface area (Å²) in [5.41, 5.74) is 7.62. The molecule has 0 heterocycles. The second-order valence-corrected chi connectivity index (χ2v) is 4.65. The Morgan fingerprint density at radius 3 is 2.55 bits per heavy atom. The molecule has 0 amide bonds. The minimum absolute atomic E-state index is 0. The van der Waals surface area contributed by atoms with Crippen molar-refractivity contribution in [2.45, 2.75) is 13.0 Å². The summed E-state index contributed by atoms with van der Waals surface area (Å²) in [5.74, 6) is -0.700. The van der Waals surface area contributed by atoms with E-state index in [0.29, 0.717) is 18.1 Å². The van der Waals surface area contributed by atoms with Crippen LogP contribution in [-0.4, -0.2) is 17.6 Å².